The zero-order chi connectivity index (χ0) is 16.2. The molecule has 2 aliphatic heterocycles. The molecule has 2 fully saturated rings. The van der Waals surface area contributed by atoms with Gasteiger partial charge in [0, 0.05) is 33.8 Å². The van der Waals surface area contributed by atoms with Gasteiger partial charge in [-0.2, -0.15) is 4.98 Å². The minimum atomic E-state index is -0.0771. The summed E-state index contributed by atoms with van der Waals surface area (Å²) >= 11 is 0. The second-order valence-electron chi connectivity index (χ2n) is 6.40. The first-order valence-corrected chi connectivity index (χ1v) is 8.33. The highest BCUT2D eigenvalue weighted by molar-refractivity contribution is 5.95. The van der Waals surface area contributed by atoms with Crippen LogP contribution in [0.15, 0.2) is 6.20 Å². The summed E-state index contributed by atoms with van der Waals surface area (Å²) in [7, 11) is 3.85. The summed E-state index contributed by atoms with van der Waals surface area (Å²) in [6, 6.07) is 0. The third kappa shape index (κ3) is 3.72. The number of aromatic nitrogens is 2. The van der Waals surface area contributed by atoms with Gasteiger partial charge in [-0.15, -0.1) is 0 Å². The molecule has 1 amide bonds. The van der Waals surface area contributed by atoms with E-state index in [9.17, 15) is 4.79 Å². The Balaban J connectivity index is 1.77. The van der Waals surface area contributed by atoms with E-state index in [1.165, 1.54) is 19.3 Å². The Morgan fingerprint density at radius 1 is 1.35 bits per heavy atom. The third-order valence-electron chi connectivity index (χ3n) is 4.38. The van der Waals surface area contributed by atoms with Gasteiger partial charge in [-0.25, -0.2) is 4.98 Å². The highest BCUT2D eigenvalue weighted by Gasteiger charge is 2.25. The average Bonchev–Trinajstić information content (AvgIpc) is 3.10. The first-order valence-electron chi connectivity index (χ1n) is 8.33. The van der Waals surface area contributed by atoms with Crippen LogP contribution in [0.1, 0.15) is 25.7 Å². The van der Waals surface area contributed by atoms with Crippen LogP contribution in [0.25, 0.3) is 0 Å². The molecule has 3 rings (SSSR count). The minimum absolute atomic E-state index is 0.0140. The summed E-state index contributed by atoms with van der Waals surface area (Å²) in [4.78, 5) is 25.6. The molecular formula is C16H25N5O2. The van der Waals surface area contributed by atoms with E-state index in [0.29, 0.717) is 18.9 Å². The lowest BCUT2D eigenvalue weighted by Crippen LogP contribution is -2.32. The number of nitrogens with zero attached hydrogens (tertiary/aromatic N) is 4. The molecule has 0 radical (unpaired) electrons. The van der Waals surface area contributed by atoms with Gasteiger partial charge in [-0.3, -0.25) is 4.79 Å². The van der Waals surface area contributed by atoms with Gasteiger partial charge in [0.15, 0.2) is 5.82 Å². The van der Waals surface area contributed by atoms with Crippen LogP contribution < -0.4 is 15.1 Å². The van der Waals surface area contributed by atoms with Crippen molar-refractivity contribution in [2.24, 2.45) is 5.92 Å². The molecule has 1 atom stereocenters. The lowest BCUT2D eigenvalue weighted by Gasteiger charge is -2.28. The molecular weight excluding hydrogens is 294 g/mol. The molecule has 7 heteroatoms. The number of rotatable bonds is 4. The molecule has 0 bridgehead atoms. The lowest BCUT2D eigenvalue weighted by molar-refractivity contribution is -0.119. The first kappa shape index (κ1) is 16.0. The van der Waals surface area contributed by atoms with Gasteiger partial charge in [0.2, 0.25) is 11.9 Å². The maximum atomic E-state index is 12.3. The van der Waals surface area contributed by atoms with Crippen molar-refractivity contribution in [2.75, 3.05) is 55.5 Å². The molecule has 1 aromatic heterocycles. The largest absolute Gasteiger partial charge is 0.381 e. The number of anilines is 3. The van der Waals surface area contributed by atoms with Crippen molar-refractivity contribution in [2.45, 2.75) is 25.7 Å². The Morgan fingerprint density at radius 2 is 2.13 bits per heavy atom. The van der Waals surface area contributed by atoms with Crippen LogP contribution in [-0.4, -0.2) is 56.3 Å². The average molecular weight is 319 g/mol. The Labute approximate surface area is 137 Å². The maximum Gasteiger partial charge on any atom is 0.230 e. The molecule has 126 valence electrons. The summed E-state index contributed by atoms with van der Waals surface area (Å²) in [5.41, 5.74) is 0.660. The van der Waals surface area contributed by atoms with Gasteiger partial charge >= 0.3 is 0 Å². The Morgan fingerprint density at radius 3 is 2.78 bits per heavy atom. The van der Waals surface area contributed by atoms with Crippen LogP contribution in [0.4, 0.5) is 17.5 Å². The van der Waals surface area contributed by atoms with E-state index in [0.717, 1.165) is 31.3 Å². The molecule has 1 unspecified atom stereocenters. The van der Waals surface area contributed by atoms with Crippen molar-refractivity contribution >= 4 is 23.4 Å². The Kier molecular flexibility index (Phi) is 4.95. The van der Waals surface area contributed by atoms with E-state index < -0.39 is 0 Å². The van der Waals surface area contributed by atoms with Crippen LogP contribution >= 0.6 is 0 Å². The molecule has 3 heterocycles. The molecule has 0 aliphatic carbocycles. The van der Waals surface area contributed by atoms with Gasteiger partial charge in [-0.05, 0) is 25.7 Å². The third-order valence-corrected chi connectivity index (χ3v) is 4.38. The fourth-order valence-corrected chi connectivity index (χ4v) is 3.02. The number of carbonyl (C=O) groups is 1. The summed E-state index contributed by atoms with van der Waals surface area (Å²) in [5, 5.41) is 2.96. The predicted octanol–water partition coefficient (Wildman–Crippen LogP) is 1.51. The van der Waals surface area contributed by atoms with Crippen LogP contribution in [0.2, 0.25) is 0 Å². The quantitative estimate of drug-likeness (QED) is 0.907. The van der Waals surface area contributed by atoms with Crippen LogP contribution in [0.3, 0.4) is 0 Å². The van der Waals surface area contributed by atoms with E-state index >= 15 is 0 Å². The van der Waals surface area contributed by atoms with E-state index in [4.69, 9.17) is 4.74 Å². The van der Waals surface area contributed by atoms with Crippen LogP contribution in [0.5, 0.6) is 0 Å². The predicted molar refractivity (Wildman–Crippen MR) is 90.0 cm³/mol. The van der Waals surface area contributed by atoms with Crippen molar-refractivity contribution < 1.29 is 9.53 Å². The zero-order valence-corrected chi connectivity index (χ0v) is 13.9. The van der Waals surface area contributed by atoms with Gasteiger partial charge < -0.3 is 19.9 Å². The standard InChI is InChI=1S/C16H25N5O2/c1-20(2)14-13(18-15(22)12-6-9-23-11-12)10-17-16(19-14)21-7-4-3-5-8-21/h10,12H,3-9,11H2,1-2H3,(H,18,22). The SMILES string of the molecule is CN(C)c1nc(N2CCCCC2)ncc1NC(=O)C1CCOC1. The Hall–Kier alpha value is -1.89. The van der Waals surface area contributed by atoms with Gasteiger partial charge in [0.25, 0.3) is 0 Å². The Bertz CT molecular complexity index is 551. The minimum Gasteiger partial charge on any atom is -0.381 e. The normalized spacial score (nSPS) is 21.3. The lowest BCUT2D eigenvalue weighted by atomic mass is 10.1. The van der Waals surface area contributed by atoms with Gasteiger partial charge in [0.1, 0.15) is 5.69 Å². The van der Waals surface area contributed by atoms with E-state index in [1.807, 2.05) is 19.0 Å². The number of hydrogen-bond donors (Lipinski definition) is 1. The topological polar surface area (TPSA) is 70.6 Å². The van der Waals surface area contributed by atoms with Crippen molar-refractivity contribution in [1.29, 1.82) is 0 Å². The summed E-state index contributed by atoms with van der Waals surface area (Å²) in [6.07, 6.45) is 6.13. The van der Waals surface area contributed by atoms with Crippen LogP contribution in [-0.2, 0) is 9.53 Å². The highest BCUT2D eigenvalue weighted by atomic mass is 16.5. The monoisotopic (exact) mass is 319 g/mol. The number of carbonyl (C=O) groups excluding carboxylic acids is 1. The second kappa shape index (κ2) is 7.12. The second-order valence-corrected chi connectivity index (χ2v) is 6.40. The molecule has 0 spiro atoms. The molecule has 1 aromatic rings. The number of amides is 1. The number of hydrogen-bond acceptors (Lipinski definition) is 6. The summed E-state index contributed by atoms with van der Waals surface area (Å²) in [5.74, 6) is 1.40. The number of nitrogens with one attached hydrogen (secondary N) is 1. The number of piperidine rings is 1. The number of ether oxygens (including phenoxy) is 1. The van der Waals surface area contributed by atoms with E-state index in [1.54, 1.807) is 6.20 Å². The molecule has 1 N–H and O–H groups in total. The van der Waals surface area contributed by atoms with Crippen molar-refractivity contribution in [3.63, 3.8) is 0 Å². The fraction of sp³-hybridized carbons (Fsp3) is 0.688. The summed E-state index contributed by atoms with van der Waals surface area (Å²) in [6.45, 7) is 3.15. The summed E-state index contributed by atoms with van der Waals surface area (Å²) < 4.78 is 5.28. The molecule has 0 saturated carbocycles. The van der Waals surface area contributed by atoms with Crippen molar-refractivity contribution in [3.8, 4) is 0 Å². The molecule has 2 aliphatic rings. The van der Waals surface area contributed by atoms with Gasteiger partial charge in [0.05, 0.1) is 18.7 Å². The van der Waals surface area contributed by atoms with Gasteiger partial charge in [-0.1, -0.05) is 0 Å². The van der Waals surface area contributed by atoms with Crippen molar-refractivity contribution in [3.05, 3.63) is 6.20 Å². The zero-order valence-electron chi connectivity index (χ0n) is 13.9. The van der Waals surface area contributed by atoms with Crippen LogP contribution in [0, 0.1) is 5.92 Å². The molecule has 0 aromatic carbocycles. The molecule has 7 nitrogen and oxygen atoms in total. The molecule has 23 heavy (non-hydrogen) atoms. The highest BCUT2D eigenvalue weighted by Crippen LogP contribution is 2.26. The van der Waals surface area contributed by atoms with E-state index in [2.05, 4.69) is 20.2 Å². The molecule has 2 saturated heterocycles. The van der Waals surface area contributed by atoms with Crippen molar-refractivity contribution in [1.82, 2.24) is 9.97 Å². The first-order chi connectivity index (χ1) is 11.1. The fourth-order valence-electron chi connectivity index (χ4n) is 3.02. The maximum absolute atomic E-state index is 12.3. The van der Waals surface area contributed by atoms with E-state index in [-0.39, 0.29) is 11.8 Å². The smallest absolute Gasteiger partial charge is 0.230 e.